The standard InChI is InChI=1S/C13H19FN2/c1-3-12-9-16(7-6-15-12)13-8-11(14)5-4-10(13)2/h4-5,8,12,15H,3,6-7,9H2,1-2H3. The second-order valence-corrected chi connectivity index (χ2v) is 4.44. The van der Waals surface area contributed by atoms with Gasteiger partial charge in [0.15, 0.2) is 0 Å². The van der Waals surface area contributed by atoms with E-state index in [-0.39, 0.29) is 5.82 Å². The molecule has 1 fully saturated rings. The third kappa shape index (κ3) is 2.35. The molecule has 0 aromatic heterocycles. The van der Waals surface area contributed by atoms with E-state index in [9.17, 15) is 4.39 Å². The first-order valence-electron chi connectivity index (χ1n) is 5.95. The first-order chi connectivity index (χ1) is 7.70. The van der Waals surface area contributed by atoms with E-state index in [1.807, 2.05) is 13.0 Å². The second-order valence-electron chi connectivity index (χ2n) is 4.44. The van der Waals surface area contributed by atoms with E-state index in [1.54, 1.807) is 6.07 Å². The number of rotatable bonds is 2. The number of benzene rings is 1. The molecule has 1 aliphatic heterocycles. The molecule has 0 bridgehead atoms. The Balaban J connectivity index is 2.19. The van der Waals surface area contributed by atoms with Gasteiger partial charge in [-0.3, -0.25) is 0 Å². The fourth-order valence-corrected chi connectivity index (χ4v) is 2.24. The first kappa shape index (κ1) is 11.4. The van der Waals surface area contributed by atoms with E-state index in [2.05, 4.69) is 17.1 Å². The fourth-order valence-electron chi connectivity index (χ4n) is 2.24. The molecule has 2 nitrogen and oxygen atoms in total. The van der Waals surface area contributed by atoms with Crippen molar-refractivity contribution in [1.29, 1.82) is 0 Å². The second kappa shape index (κ2) is 4.83. The summed E-state index contributed by atoms with van der Waals surface area (Å²) in [6.45, 7) is 7.13. The molecule has 0 amide bonds. The summed E-state index contributed by atoms with van der Waals surface area (Å²) >= 11 is 0. The molecule has 1 unspecified atom stereocenters. The molecule has 1 aliphatic rings. The lowest BCUT2D eigenvalue weighted by molar-refractivity contribution is 0.446. The number of nitrogens with zero attached hydrogens (tertiary/aromatic N) is 1. The van der Waals surface area contributed by atoms with Crippen molar-refractivity contribution in [2.75, 3.05) is 24.5 Å². The molecule has 1 saturated heterocycles. The van der Waals surface area contributed by atoms with Gasteiger partial charge in [0.05, 0.1) is 0 Å². The average Bonchev–Trinajstić information content (AvgIpc) is 2.32. The van der Waals surface area contributed by atoms with Crippen LogP contribution >= 0.6 is 0 Å². The Kier molecular flexibility index (Phi) is 3.44. The van der Waals surface area contributed by atoms with Crippen molar-refractivity contribution in [3.63, 3.8) is 0 Å². The van der Waals surface area contributed by atoms with E-state index in [1.165, 1.54) is 6.07 Å². The molecule has 1 atom stereocenters. The predicted octanol–water partition coefficient (Wildman–Crippen LogP) is 2.32. The van der Waals surface area contributed by atoms with Crippen molar-refractivity contribution in [1.82, 2.24) is 5.32 Å². The van der Waals surface area contributed by atoms with Gasteiger partial charge in [0.2, 0.25) is 0 Å². The van der Waals surface area contributed by atoms with Crippen LogP contribution in [0.3, 0.4) is 0 Å². The van der Waals surface area contributed by atoms with Gasteiger partial charge in [0, 0.05) is 31.4 Å². The molecule has 0 radical (unpaired) electrons. The molecular weight excluding hydrogens is 203 g/mol. The Morgan fingerprint density at radius 2 is 2.31 bits per heavy atom. The Morgan fingerprint density at radius 3 is 3.06 bits per heavy atom. The molecule has 0 aliphatic carbocycles. The number of hydrogen-bond donors (Lipinski definition) is 1. The lowest BCUT2D eigenvalue weighted by atomic mass is 10.1. The van der Waals surface area contributed by atoms with E-state index < -0.39 is 0 Å². The Hall–Kier alpha value is -1.09. The van der Waals surface area contributed by atoms with Gasteiger partial charge in [-0.15, -0.1) is 0 Å². The lowest BCUT2D eigenvalue weighted by Gasteiger charge is -2.35. The van der Waals surface area contributed by atoms with Crippen LogP contribution in [-0.2, 0) is 0 Å². The van der Waals surface area contributed by atoms with Crippen LogP contribution in [0.5, 0.6) is 0 Å². The zero-order valence-corrected chi connectivity index (χ0v) is 9.96. The van der Waals surface area contributed by atoms with Crippen LogP contribution in [0.2, 0.25) is 0 Å². The summed E-state index contributed by atoms with van der Waals surface area (Å²) in [7, 11) is 0. The number of halogens is 1. The van der Waals surface area contributed by atoms with Crippen molar-refractivity contribution in [3.8, 4) is 0 Å². The minimum Gasteiger partial charge on any atom is -0.368 e. The Bertz CT molecular complexity index is 365. The summed E-state index contributed by atoms with van der Waals surface area (Å²) in [6.07, 6.45) is 1.12. The monoisotopic (exact) mass is 222 g/mol. The Morgan fingerprint density at radius 1 is 1.50 bits per heavy atom. The maximum atomic E-state index is 13.2. The zero-order chi connectivity index (χ0) is 11.5. The van der Waals surface area contributed by atoms with E-state index in [4.69, 9.17) is 0 Å². The van der Waals surface area contributed by atoms with Gasteiger partial charge < -0.3 is 10.2 Å². The predicted molar refractivity (Wildman–Crippen MR) is 65.4 cm³/mol. The van der Waals surface area contributed by atoms with Gasteiger partial charge in [-0.05, 0) is 31.0 Å². The summed E-state index contributed by atoms with van der Waals surface area (Å²) in [5, 5.41) is 3.47. The minimum absolute atomic E-state index is 0.146. The molecule has 2 rings (SSSR count). The molecule has 1 N–H and O–H groups in total. The van der Waals surface area contributed by atoms with Crippen LogP contribution in [0, 0.1) is 12.7 Å². The molecular formula is C13H19FN2. The largest absolute Gasteiger partial charge is 0.368 e. The smallest absolute Gasteiger partial charge is 0.125 e. The highest BCUT2D eigenvalue weighted by Crippen LogP contribution is 2.22. The first-order valence-corrected chi connectivity index (χ1v) is 5.95. The molecule has 88 valence electrons. The van der Waals surface area contributed by atoms with Crippen molar-refractivity contribution >= 4 is 5.69 Å². The van der Waals surface area contributed by atoms with E-state index in [0.29, 0.717) is 6.04 Å². The molecule has 0 spiro atoms. The van der Waals surface area contributed by atoms with Crippen LogP contribution in [0.4, 0.5) is 10.1 Å². The number of aryl methyl sites for hydroxylation is 1. The normalized spacial score (nSPS) is 21.2. The molecule has 3 heteroatoms. The number of anilines is 1. The van der Waals surface area contributed by atoms with Crippen molar-refractivity contribution < 1.29 is 4.39 Å². The van der Waals surface area contributed by atoms with Gasteiger partial charge in [-0.2, -0.15) is 0 Å². The lowest BCUT2D eigenvalue weighted by Crippen LogP contribution is -2.50. The summed E-state index contributed by atoms with van der Waals surface area (Å²) in [5.41, 5.74) is 2.19. The quantitative estimate of drug-likeness (QED) is 0.826. The minimum atomic E-state index is -0.146. The summed E-state index contributed by atoms with van der Waals surface area (Å²) < 4.78 is 13.2. The highest BCUT2D eigenvalue weighted by atomic mass is 19.1. The molecule has 1 heterocycles. The van der Waals surface area contributed by atoms with Crippen molar-refractivity contribution in [2.45, 2.75) is 26.3 Å². The average molecular weight is 222 g/mol. The third-order valence-corrected chi connectivity index (χ3v) is 3.26. The zero-order valence-electron chi connectivity index (χ0n) is 9.96. The van der Waals surface area contributed by atoms with Crippen LogP contribution < -0.4 is 10.2 Å². The maximum Gasteiger partial charge on any atom is 0.125 e. The topological polar surface area (TPSA) is 15.3 Å². The van der Waals surface area contributed by atoms with Gasteiger partial charge in [0.25, 0.3) is 0 Å². The molecule has 16 heavy (non-hydrogen) atoms. The van der Waals surface area contributed by atoms with E-state index >= 15 is 0 Å². The van der Waals surface area contributed by atoms with Gasteiger partial charge >= 0.3 is 0 Å². The number of piperazine rings is 1. The van der Waals surface area contributed by atoms with Crippen LogP contribution in [0.25, 0.3) is 0 Å². The van der Waals surface area contributed by atoms with Gasteiger partial charge in [-0.1, -0.05) is 13.0 Å². The van der Waals surface area contributed by atoms with E-state index in [0.717, 1.165) is 37.3 Å². The maximum absolute atomic E-state index is 13.2. The van der Waals surface area contributed by atoms with Gasteiger partial charge in [-0.25, -0.2) is 4.39 Å². The van der Waals surface area contributed by atoms with Crippen LogP contribution in [0.1, 0.15) is 18.9 Å². The SMILES string of the molecule is CCC1CN(c2cc(F)ccc2C)CCN1. The van der Waals surface area contributed by atoms with Gasteiger partial charge in [0.1, 0.15) is 5.82 Å². The third-order valence-electron chi connectivity index (χ3n) is 3.26. The van der Waals surface area contributed by atoms with Crippen molar-refractivity contribution in [2.24, 2.45) is 0 Å². The summed E-state index contributed by atoms with van der Waals surface area (Å²) in [4.78, 5) is 2.28. The highest BCUT2D eigenvalue weighted by molar-refractivity contribution is 5.53. The fraction of sp³-hybridized carbons (Fsp3) is 0.538. The summed E-state index contributed by atoms with van der Waals surface area (Å²) in [6, 6.07) is 5.55. The molecule has 0 saturated carbocycles. The molecule has 1 aromatic rings. The highest BCUT2D eigenvalue weighted by Gasteiger charge is 2.19. The Labute approximate surface area is 96.5 Å². The van der Waals surface area contributed by atoms with Crippen molar-refractivity contribution in [3.05, 3.63) is 29.6 Å². The van der Waals surface area contributed by atoms with Crippen LogP contribution in [-0.4, -0.2) is 25.7 Å². The number of hydrogen-bond acceptors (Lipinski definition) is 2. The van der Waals surface area contributed by atoms with Crippen LogP contribution in [0.15, 0.2) is 18.2 Å². The number of nitrogens with one attached hydrogen (secondary N) is 1. The molecule has 1 aromatic carbocycles. The summed E-state index contributed by atoms with van der Waals surface area (Å²) in [5.74, 6) is -0.146.